The maximum atomic E-state index is 11.8. The molecule has 1 aliphatic heterocycles. The molecule has 3 N–H and O–H groups in total. The van der Waals surface area contributed by atoms with Gasteiger partial charge in [-0.15, -0.1) is 0 Å². The molecule has 0 aromatic carbocycles. The van der Waals surface area contributed by atoms with Crippen molar-refractivity contribution >= 4 is 6.21 Å². The first kappa shape index (κ1) is 14.6. The maximum Gasteiger partial charge on any atom is 0.330 e. The number of ether oxygens (including phenoxy) is 2. The highest BCUT2D eigenvalue weighted by Crippen LogP contribution is 2.27. The fraction of sp³-hybridized carbons (Fsp3) is 0.583. The Balaban J connectivity index is 2.39. The minimum atomic E-state index is -0.858. The van der Waals surface area contributed by atoms with Crippen LogP contribution in [0.15, 0.2) is 15.8 Å². The van der Waals surface area contributed by atoms with Crippen LogP contribution in [0, 0.1) is 5.41 Å². The zero-order chi connectivity index (χ0) is 14.8. The summed E-state index contributed by atoms with van der Waals surface area (Å²) in [6, 6.07) is 0. The molecule has 8 nitrogen and oxygen atoms in total. The van der Waals surface area contributed by atoms with Crippen LogP contribution in [0.3, 0.4) is 0 Å². The SMILES string of the molecule is CC[C@@]1(CO)COCC(n2cc(C=N)c(=O)[nH]c2=O)O1. The molecule has 0 bridgehead atoms. The van der Waals surface area contributed by atoms with Gasteiger partial charge in [0.15, 0.2) is 6.23 Å². The zero-order valence-corrected chi connectivity index (χ0v) is 11.1. The summed E-state index contributed by atoms with van der Waals surface area (Å²) in [7, 11) is 0. The van der Waals surface area contributed by atoms with E-state index in [2.05, 4.69) is 4.98 Å². The van der Waals surface area contributed by atoms with Gasteiger partial charge in [0.05, 0.1) is 25.4 Å². The van der Waals surface area contributed by atoms with Gasteiger partial charge in [-0.25, -0.2) is 4.79 Å². The van der Waals surface area contributed by atoms with E-state index in [9.17, 15) is 14.7 Å². The van der Waals surface area contributed by atoms with E-state index in [1.807, 2.05) is 6.92 Å². The molecule has 1 aliphatic rings. The first-order valence-corrected chi connectivity index (χ1v) is 6.27. The molecule has 2 atom stereocenters. The van der Waals surface area contributed by atoms with Gasteiger partial charge in [0.2, 0.25) is 0 Å². The summed E-state index contributed by atoms with van der Waals surface area (Å²) in [4.78, 5) is 25.4. The quantitative estimate of drug-likeness (QED) is 0.627. The summed E-state index contributed by atoms with van der Waals surface area (Å²) >= 11 is 0. The van der Waals surface area contributed by atoms with Crippen molar-refractivity contribution in [2.45, 2.75) is 25.2 Å². The monoisotopic (exact) mass is 283 g/mol. The lowest BCUT2D eigenvalue weighted by Gasteiger charge is -2.39. The Morgan fingerprint density at radius 3 is 3.00 bits per heavy atom. The van der Waals surface area contributed by atoms with Gasteiger partial charge < -0.3 is 20.0 Å². The summed E-state index contributed by atoms with van der Waals surface area (Å²) in [5.74, 6) is 0. The van der Waals surface area contributed by atoms with Crippen LogP contribution in [0.1, 0.15) is 25.1 Å². The predicted octanol–water partition coefficient (Wildman–Crippen LogP) is -0.779. The molecule has 8 heteroatoms. The Hall–Kier alpha value is -1.77. The highest BCUT2D eigenvalue weighted by atomic mass is 16.6. The highest BCUT2D eigenvalue weighted by molar-refractivity contribution is 5.75. The zero-order valence-electron chi connectivity index (χ0n) is 11.1. The van der Waals surface area contributed by atoms with E-state index in [0.717, 1.165) is 6.21 Å². The van der Waals surface area contributed by atoms with Crippen LogP contribution < -0.4 is 11.2 Å². The third-order valence-corrected chi connectivity index (χ3v) is 3.41. The summed E-state index contributed by atoms with van der Waals surface area (Å²) < 4.78 is 12.3. The molecular formula is C12H17N3O5. The van der Waals surface area contributed by atoms with E-state index in [1.165, 1.54) is 10.8 Å². The second-order valence-corrected chi connectivity index (χ2v) is 4.68. The van der Waals surface area contributed by atoms with E-state index in [0.29, 0.717) is 6.42 Å². The third kappa shape index (κ3) is 2.58. The highest BCUT2D eigenvalue weighted by Gasteiger charge is 2.37. The molecule has 0 amide bonds. The van der Waals surface area contributed by atoms with Crippen molar-refractivity contribution in [2.75, 3.05) is 19.8 Å². The van der Waals surface area contributed by atoms with E-state index in [1.54, 1.807) is 0 Å². The largest absolute Gasteiger partial charge is 0.393 e. The summed E-state index contributed by atoms with van der Waals surface area (Å²) in [5.41, 5.74) is -2.07. The minimum absolute atomic E-state index is 0.0462. The van der Waals surface area contributed by atoms with Gasteiger partial charge in [-0.2, -0.15) is 0 Å². The summed E-state index contributed by atoms with van der Waals surface area (Å²) in [5, 5.41) is 16.6. The molecule has 20 heavy (non-hydrogen) atoms. The Labute approximate surface area is 114 Å². The Morgan fingerprint density at radius 2 is 2.40 bits per heavy atom. The molecule has 1 unspecified atom stereocenters. The van der Waals surface area contributed by atoms with Gasteiger partial charge in [0.1, 0.15) is 5.60 Å². The molecule has 1 fully saturated rings. The fourth-order valence-corrected chi connectivity index (χ4v) is 2.04. The standard InChI is InChI=1S/C12H17N3O5/c1-2-12(6-16)7-19-5-9(20-12)15-4-8(3-13)10(17)14-11(15)18/h3-4,9,13,16H,2,5-7H2,1H3,(H,14,17,18)/t9?,12-/m1/s1. The predicted molar refractivity (Wildman–Crippen MR) is 70.3 cm³/mol. The van der Waals surface area contributed by atoms with Gasteiger partial charge in [0, 0.05) is 12.4 Å². The lowest BCUT2D eigenvalue weighted by atomic mass is 10.0. The molecule has 1 aromatic heterocycles. The number of aromatic nitrogens is 2. The molecular weight excluding hydrogens is 266 g/mol. The van der Waals surface area contributed by atoms with Crippen LogP contribution >= 0.6 is 0 Å². The van der Waals surface area contributed by atoms with Crippen LogP contribution in [0.2, 0.25) is 0 Å². The van der Waals surface area contributed by atoms with Crippen molar-refractivity contribution in [3.63, 3.8) is 0 Å². The average molecular weight is 283 g/mol. The van der Waals surface area contributed by atoms with Gasteiger partial charge >= 0.3 is 5.69 Å². The lowest BCUT2D eigenvalue weighted by Crippen LogP contribution is -2.50. The molecule has 0 saturated carbocycles. The molecule has 110 valence electrons. The fourth-order valence-electron chi connectivity index (χ4n) is 2.04. The number of aromatic amines is 1. The van der Waals surface area contributed by atoms with Crippen LogP contribution in [-0.4, -0.2) is 46.3 Å². The lowest BCUT2D eigenvalue weighted by molar-refractivity contribution is -0.238. The molecule has 0 aliphatic carbocycles. The van der Waals surface area contributed by atoms with Gasteiger partial charge in [-0.3, -0.25) is 14.3 Å². The molecule has 2 rings (SSSR count). The third-order valence-electron chi connectivity index (χ3n) is 3.41. The molecule has 0 spiro atoms. The Kier molecular flexibility index (Phi) is 4.17. The number of hydrogen-bond acceptors (Lipinski definition) is 6. The van der Waals surface area contributed by atoms with Crippen molar-refractivity contribution in [3.8, 4) is 0 Å². The topological polar surface area (TPSA) is 117 Å². The van der Waals surface area contributed by atoms with Crippen LogP contribution in [0.4, 0.5) is 0 Å². The second kappa shape index (κ2) is 5.70. The van der Waals surface area contributed by atoms with Crippen molar-refractivity contribution in [3.05, 3.63) is 32.6 Å². The number of rotatable bonds is 4. The van der Waals surface area contributed by atoms with Crippen LogP contribution in [-0.2, 0) is 9.47 Å². The van der Waals surface area contributed by atoms with Gasteiger partial charge in [-0.1, -0.05) is 6.92 Å². The number of nitrogens with one attached hydrogen (secondary N) is 2. The van der Waals surface area contributed by atoms with Crippen LogP contribution in [0.5, 0.6) is 0 Å². The normalized spacial score (nSPS) is 26.4. The summed E-state index contributed by atoms with van der Waals surface area (Å²) in [6.45, 7) is 1.99. The number of aliphatic hydroxyl groups excluding tert-OH is 1. The van der Waals surface area contributed by atoms with E-state index in [-0.39, 0.29) is 25.4 Å². The Bertz CT molecular complexity index is 602. The van der Waals surface area contributed by atoms with E-state index >= 15 is 0 Å². The van der Waals surface area contributed by atoms with Gasteiger partial charge in [-0.05, 0) is 6.42 Å². The first-order valence-electron chi connectivity index (χ1n) is 6.27. The maximum absolute atomic E-state index is 11.8. The van der Waals surface area contributed by atoms with E-state index in [4.69, 9.17) is 14.9 Å². The number of H-pyrrole nitrogens is 1. The first-order chi connectivity index (χ1) is 9.55. The second-order valence-electron chi connectivity index (χ2n) is 4.68. The average Bonchev–Trinajstić information content (AvgIpc) is 2.47. The Morgan fingerprint density at radius 1 is 1.65 bits per heavy atom. The number of aliphatic hydroxyl groups is 1. The number of nitrogens with zero attached hydrogens (tertiary/aromatic N) is 1. The number of hydrogen-bond donors (Lipinski definition) is 3. The molecule has 0 radical (unpaired) electrons. The molecule has 1 aromatic rings. The van der Waals surface area contributed by atoms with Crippen molar-refractivity contribution < 1.29 is 14.6 Å². The van der Waals surface area contributed by atoms with Crippen molar-refractivity contribution in [2.24, 2.45) is 0 Å². The minimum Gasteiger partial charge on any atom is -0.393 e. The molecule has 1 saturated heterocycles. The van der Waals surface area contributed by atoms with Crippen LogP contribution in [0.25, 0.3) is 0 Å². The smallest absolute Gasteiger partial charge is 0.330 e. The van der Waals surface area contributed by atoms with E-state index < -0.39 is 23.1 Å². The van der Waals surface area contributed by atoms with Crippen molar-refractivity contribution in [1.82, 2.24) is 9.55 Å². The van der Waals surface area contributed by atoms with Crippen molar-refractivity contribution in [1.29, 1.82) is 5.41 Å². The van der Waals surface area contributed by atoms with Gasteiger partial charge in [0.25, 0.3) is 5.56 Å². The molecule has 2 heterocycles. The summed E-state index contributed by atoms with van der Waals surface area (Å²) in [6.07, 6.45) is 1.89.